The number of rotatable bonds is 2. The highest BCUT2D eigenvalue weighted by molar-refractivity contribution is 7.80. The summed E-state index contributed by atoms with van der Waals surface area (Å²) in [4.78, 5) is 12.7. The minimum Gasteiger partial charge on any atom is -0.459 e. The highest BCUT2D eigenvalue weighted by atomic mass is 35.5. The third kappa shape index (κ3) is 3.42. The van der Waals surface area contributed by atoms with E-state index in [2.05, 4.69) is 19.6 Å². The van der Waals surface area contributed by atoms with E-state index in [9.17, 15) is 4.79 Å². The summed E-state index contributed by atoms with van der Waals surface area (Å²) in [5, 5.41) is 0.418. The lowest BCUT2D eigenvalue weighted by molar-refractivity contribution is 0.0174. The van der Waals surface area contributed by atoms with Gasteiger partial charge in [-0.15, -0.1) is 12.6 Å². The molecule has 0 N–H and O–H groups in total. The predicted octanol–water partition coefficient (Wildman–Crippen LogP) is 4.36. The van der Waals surface area contributed by atoms with Gasteiger partial charge in [-0.25, -0.2) is 4.79 Å². The lowest BCUT2D eigenvalue weighted by Crippen LogP contribution is -2.23. The standard InChI is InChI=1S/C14H17ClO2S/c1-9-2-4-10(5-3-9)17-14(16)12-8-11(18)6-7-13(12)15/h6-10,18H,2-5H2,1H3. The van der Waals surface area contributed by atoms with E-state index in [0.29, 0.717) is 15.5 Å². The molecule has 1 aliphatic carbocycles. The van der Waals surface area contributed by atoms with Gasteiger partial charge in [0, 0.05) is 4.90 Å². The highest BCUT2D eigenvalue weighted by Crippen LogP contribution is 2.27. The van der Waals surface area contributed by atoms with Crippen molar-refractivity contribution >= 4 is 30.2 Å². The monoisotopic (exact) mass is 284 g/mol. The molecule has 0 aromatic heterocycles. The van der Waals surface area contributed by atoms with Gasteiger partial charge in [0.2, 0.25) is 0 Å². The second-order valence-electron chi connectivity index (χ2n) is 4.95. The molecule has 0 radical (unpaired) electrons. The summed E-state index contributed by atoms with van der Waals surface area (Å²) in [6, 6.07) is 5.08. The van der Waals surface area contributed by atoms with Gasteiger partial charge in [0.25, 0.3) is 0 Å². The van der Waals surface area contributed by atoms with Crippen LogP contribution in [-0.2, 0) is 4.74 Å². The molecular formula is C14H17ClO2S. The summed E-state index contributed by atoms with van der Waals surface area (Å²) in [5.74, 6) is 0.403. The smallest absolute Gasteiger partial charge is 0.339 e. The van der Waals surface area contributed by atoms with Gasteiger partial charge < -0.3 is 4.74 Å². The summed E-state index contributed by atoms with van der Waals surface area (Å²) >= 11 is 10.2. The first-order valence-electron chi connectivity index (χ1n) is 6.25. The molecule has 98 valence electrons. The number of halogens is 1. The number of carbonyl (C=O) groups excluding carboxylic acids is 1. The predicted molar refractivity (Wildman–Crippen MR) is 75.5 cm³/mol. The minimum absolute atomic E-state index is 0.0355. The fourth-order valence-corrected chi connectivity index (χ4v) is 2.63. The van der Waals surface area contributed by atoms with Crippen LogP contribution in [0.2, 0.25) is 5.02 Å². The molecule has 1 aromatic carbocycles. The molecular weight excluding hydrogens is 268 g/mol. The molecule has 0 unspecified atom stereocenters. The largest absolute Gasteiger partial charge is 0.459 e. The molecule has 2 nitrogen and oxygen atoms in total. The number of thiol groups is 1. The summed E-state index contributed by atoms with van der Waals surface area (Å²) < 4.78 is 5.50. The Balaban J connectivity index is 2.01. The molecule has 0 amide bonds. The van der Waals surface area contributed by atoms with Gasteiger partial charge >= 0.3 is 5.97 Å². The summed E-state index contributed by atoms with van der Waals surface area (Å²) in [6.45, 7) is 2.24. The Hall–Kier alpha value is -0.670. The Morgan fingerprint density at radius 3 is 2.67 bits per heavy atom. The van der Waals surface area contributed by atoms with Crippen molar-refractivity contribution in [3.63, 3.8) is 0 Å². The number of benzene rings is 1. The van der Waals surface area contributed by atoms with Crippen molar-refractivity contribution in [2.24, 2.45) is 5.92 Å². The van der Waals surface area contributed by atoms with Crippen LogP contribution in [0.5, 0.6) is 0 Å². The topological polar surface area (TPSA) is 26.3 Å². The van der Waals surface area contributed by atoms with Gasteiger partial charge in [-0.3, -0.25) is 0 Å². The molecule has 18 heavy (non-hydrogen) atoms. The van der Waals surface area contributed by atoms with Crippen LogP contribution in [0.4, 0.5) is 0 Å². The number of esters is 1. The molecule has 0 bridgehead atoms. The van der Waals surface area contributed by atoms with Gasteiger partial charge in [-0.05, 0) is 49.8 Å². The zero-order valence-electron chi connectivity index (χ0n) is 10.4. The Bertz CT molecular complexity index is 439. The average Bonchev–Trinajstić information content (AvgIpc) is 2.35. The molecule has 4 heteroatoms. The van der Waals surface area contributed by atoms with Crippen LogP contribution in [0.1, 0.15) is 43.0 Å². The van der Waals surface area contributed by atoms with Crippen LogP contribution in [0.15, 0.2) is 23.1 Å². The minimum atomic E-state index is -0.338. The van der Waals surface area contributed by atoms with E-state index in [1.807, 2.05) is 0 Å². The Kier molecular flexibility index (Phi) is 4.57. The van der Waals surface area contributed by atoms with E-state index in [1.165, 1.54) is 0 Å². The molecule has 1 aliphatic rings. The van der Waals surface area contributed by atoms with E-state index in [1.54, 1.807) is 18.2 Å². The molecule has 1 aromatic rings. The van der Waals surface area contributed by atoms with Gasteiger partial charge in [-0.1, -0.05) is 18.5 Å². The lowest BCUT2D eigenvalue weighted by atomic mass is 9.89. The second kappa shape index (κ2) is 5.98. The highest BCUT2D eigenvalue weighted by Gasteiger charge is 2.23. The lowest BCUT2D eigenvalue weighted by Gasteiger charge is -2.26. The van der Waals surface area contributed by atoms with Gasteiger partial charge in [0.15, 0.2) is 0 Å². The van der Waals surface area contributed by atoms with Gasteiger partial charge in [-0.2, -0.15) is 0 Å². The van der Waals surface area contributed by atoms with Crippen molar-refractivity contribution in [3.05, 3.63) is 28.8 Å². The second-order valence-corrected chi connectivity index (χ2v) is 5.87. The van der Waals surface area contributed by atoms with E-state index in [4.69, 9.17) is 16.3 Å². The third-order valence-corrected chi connectivity index (χ3v) is 4.01. The maximum absolute atomic E-state index is 12.0. The average molecular weight is 285 g/mol. The third-order valence-electron chi connectivity index (χ3n) is 3.41. The summed E-state index contributed by atoms with van der Waals surface area (Å²) in [7, 11) is 0. The van der Waals surface area contributed by atoms with Crippen LogP contribution in [0.3, 0.4) is 0 Å². The molecule has 0 atom stereocenters. The molecule has 0 aliphatic heterocycles. The number of hydrogen-bond acceptors (Lipinski definition) is 3. The van der Waals surface area contributed by atoms with Crippen LogP contribution in [0, 0.1) is 5.92 Å². The van der Waals surface area contributed by atoms with Crippen LogP contribution in [0.25, 0.3) is 0 Å². The van der Waals surface area contributed by atoms with Crippen molar-refractivity contribution in [3.8, 4) is 0 Å². The molecule has 0 spiro atoms. The molecule has 2 rings (SSSR count). The quantitative estimate of drug-likeness (QED) is 0.645. The fourth-order valence-electron chi connectivity index (χ4n) is 2.23. The Morgan fingerprint density at radius 1 is 1.33 bits per heavy atom. The molecule has 1 saturated carbocycles. The van der Waals surface area contributed by atoms with E-state index >= 15 is 0 Å². The van der Waals surface area contributed by atoms with Crippen molar-refractivity contribution in [1.82, 2.24) is 0 Å². The van der Waals surface area contributed by atoms with Crippen molar-refractivity contribution < 1.29 is 9.53 Å². The molecule has 0 heterocycles. The first-order valence-corrected chi connectivity index (χ1v) is 7.08. The van der Waals surface area contributed by atoms with E-state index < -0.39 is 0 Å². The van der Waals surface area contributed by atoms with Gasteiger partial charge in [0.1, 0.15) is 6.10 Å². The van der Waals surface area contributed by atoms with Gasteiger partial charge in [0.05, 0.1) is 10.6 Å². The zero-order valence-corrected chi connectivity index (χ0v) is 12.0. The zero-order chi connectivity index (χ0) is 13.1. The Morgan fingerprint density at radius 2 is 2.00 bits per heavy atom. The number of hydrogen-bond donors (Lipinski definition) is 1. The first-order chi connectivity index (χ1) is 8.56. The number of ether oxygens (including phenoxy) is 1. The molecule has 0 saturated heterocycles. The summed E-state index contributed by atoms with van der Waals surface area (Å²) in [5.41, 5.74) is 0.405. The fraction of sp³-hybridized carbons (Fsp3) is 0.500. The van der Waals surface area contributed by atoms with Crippen molar-refractivity contribution in [1.29, 1.82) is 0 Å². The normalized spacial score (nSPS) is 23.7. The molecule has 1 fully saturated rings. The van der Waals surface area contributed by atoms with E-state index in [-0.39, 0.29) is 12.1 Å². The van der Waals surface area contributed by atoms with Crippen LogP contribution >= 0.6 is 24.2 Å². The van der Waals surface area contributed by atoms with E-state index in [0.717, 1.165) is 31.6 Å². The summed E-state index contributed by atoms with van der Waals surface area (Å²) in [6.07, 6.45) is 4.18. The number of carbonyl (C=O) groups is 1. The Labute approximate surface area is 118 Å². The van der Waals surface area contributed by atoms with Crippen molar-refractivity contribution in [2.45, 2.75) is 43.6 Å². The van der Waals surface area contributed by atoms with Crippen molar-refractivity contribution in [2.75, 3.05) is 0 Å². The van der Waals surface area contributed by atoms with Crippen LogP contribution in [-0.4, -0.2) is 12.1 Å². The first kappa shape index (κ1) is 13.8. The maximum atomic E-state index is 12.0. The SMILES string of the molecule is CC1CCC(OC(=O)c2cc(S)ccc2Cl)CC1. The maximum Gasteiger partial charge on any atom is 0.339 e. The van der Waals surface area contributed by atoms with Crippen LogP contribution < -0.4 is 0 Å².